The number of alkyl halides is 2. The van der Waals surface area contributed by atoms with Gasteiger partial charge in [-0.15, -0.1) is 0 Å². The van der Waals surface area contributed by atoms with E-state index in [-0.39, 0.29) is 12.3 Å². The van der Waals surface area contributed by atoms with Crippen LogP contribution < -0.4 is 10.1 Å². The van der Waals surface area contributed by atoms with Crippen LogP contribution >= 0.6 is 0 Å². The topological polar surface area (TPSA) is 64.6 Å². The molecule has 0 heterocycles. The van der Waals surface area contributed by atoms with Crippen molar-refractivity contribution in [3.63, 3.8) is 0 Å². The summed E-state index contributed by atoms with van der Waals surface area (Å²) in [5.41, 5.74) is 0.163. The first kappa shape index (κ1) is 18.9. The SMILES string of the molecule is CC(C)(C)OC(=O)NCC(C=O)Cc1ccc(OC(F)F)cc1. The average Bonchev–Trinajstić information content (AvgIpc) is 2.42. The van der Waals surface area contributed by atoms with Crippen molar-refractivity contribution in [2.45, 2.75) is 39.4 Å². The quantitative estimate of drug-likeness (QED) is 0.781. The Kier molecular flexibility index (Phi) is 6.93. The molecule has 23 heavy (non-hydrogen) atoms. The molecule has 0 bridgehead atoms. The van der Waals surface area contributed by atoms with Gasteiger partial charge < -0.3 is 19.6 Å². The fraction of sp³-hybridized carbons (Fsp3) is 0.500. The highest BCUT2D eigenvalue weighted by molar-refractivity contribution is 5.68. The van der Waals surface area contributed by atoms with Crippen molar-refractivity contribution >= 4 is 12.4 Å². The van der Waals surface area contributed by atoms with Gasteiger partial charge in [0.25, 0.3) is 0 Å². The number of halogens is 2. The van der Waals surface area contributed by atoms with Gasteiger partial charge in [0.1, 0.15) is 17.6 Å². The Hall–Kier alpha value is -2.18. The number of hydrogen-bond acceptors (Lipinski definition) is 4. The molecule has 0 aromatic heterocycles. The summed E-state index contributed by atoms with van der Waals surface area (Å²) < 4.78 is 33.4. The summed E-state index contributed by atoms with van der Waals surface area (Å²) in [6, 6.07) is 6.01. The maximum atomic E-state index is 12.1. The third-order valence-corrected chi connectivity index (χ3v) is 2.75. The summed E-state index contributed by atoms with van der Waals surface area (Å²) in [5, 5.41) is 2.53. The Balaban J connectivity index is 2.50. The molecule has 0 aliphatic heterocycles. The smallest absolute Gasteiger partial charge is 0.407 e. The number of nitrogens with one attached hydrogen (secondary N) is 1. The number of aldehydes is 1. The summed E-state index contributed by atoms with van der Waals surface area (Å²) in [6.07, 6.45) is 0.514. The first-order valence-electron chi connectivity index (χ1n) is 7.15. The van der Waals surface area contributed by atoms with Gasteiger partial charge >= 0.3 is 12.7 Å². The molecule has 1 unspecified atom stereocenters. The molecule has 7 heteroatoms. The highest BCUT2D eigenvalue weighted by Gasteiger charge is 2.17. The molecule has 5 nitrogen and oxygen atoms in total. The molecule has 0 saturated heterocycles. The third kappa shape index (κ3) is 8.13. The number of alkyl carbamates (subject to hydrolysis) is 1. The largest absolute Gasteiger partial charge is 0.444 e. The van der Waals surface area contributed by atoms with Gasteiger partial charge in [-0.05, 0) is 44.9 Å². The zero-order valence-corrected chi connectivity index (χ0v) is 13.3. The van der Waals surface area contributed by atoms with Gasteiger partial charge in [0.15, 0.2) is 0 Å². The second-order valence-electron chi connectivity index (χ2n) is 6.01. The van der Waals surface area contributed by atoms with E-state index >= 15 is 0 Å². The zero-order valence-electron chi connectivity index (χ0n) is 13.3. The van der Waals surface area contributed by atoms with Crippen LogP contribution in [0.2, 0.25) is 0 Å². The molecule has 1 aromatic rings. The Morgan fingerprint density at radius 3 is 2.35 bits per heavy atom. The first-order chi connectivity index (χ1) is 10.7. The summed E-state index contributed by atoms with van der Waals surface area (Å²) in [5.74, 6) is -0.386. The van der Waals surface area contributed by atoms with Crippen molar-refractivity contribution in [1.29, 1.82) is 0 Å². The molecule has 0 aliphatic rings. The normalized spacial score (nSPS) is 12.6. The van der Waals surface area contributed by atoms with Crippen LogP contribution in [0.3, 0.4) is 0 Å². The second-order valence-corrected chi connectivity index (χ2v) is 6.01. The lowest BCUT2D eigenvalue weighted by atomic mass is 10.0. The van der Waals surface area contributed by atoms with Crippen LogP contribution in [0.1, 0.15) is 26.3 Å². The molecule has 1 atom stereocenters. The summed E-state index contributed by atoms with van der Waals surface area (Å²) >= 11 is 0. The van der Waals surface area contributed by atoms with Crippen molar-refractivity contribution in [1.82, 2.24) is 5.32 Å². The van der Waals surface area contributed by atoms with Crippen molar-refractivity contribution in [2.75, 3.05) is 6.54 Å². The monoisotopic (exact) mass is 329 g/mol. The predicted molar refractivity (Wildman–Crippen MR) is 80.6 cm³/mol. The number of ether oxygens (including phenoxy) is 2. The van der Waals surface area contributed by atoms with Crippen LogP contribution in [0.25, 0.3) is 0 Å². The van der Waals surface area contributed by atoms with Crippen LogP contribution in [0, 0.1) is 5.92 Å². The summed E-state index contributed by atoms with van der Waals surface area (Å²) in [7, 11) is 0. The Morgan fingerprint density at radius 2 is 1.87 bits per heavy atom. The summed E-state index contributed by atoms with van der Waals surface area (Å²) in [6.45, 7) is 2.49. The molecule has 1 amide bonds. The summed E-state index contributed by atoms with van der Waals surface area (Å²) in [4.78, 5) is 22.6. The van der Waals surface area contributed by atoms with E-state index < -0.39 is 24.2 Å². The molecule has 1 aromatic carbocycles. The molecule has 0 spiro atoms. The number of rotatable bonds is 7. The lowest BCUT2D eigenvalue weighted by Gasteiger charge is -2.20. The number of hydrogen-bond donors (Lipinski definition) is 1. The molecule has 1 N–H and O–H groups in total. The van der Waals surface area contributed by atoms with Crippen molar-refractivity contribution in [2.24, 2.45) is 5.92 Å². The number of benzene rings is 1. The first-order valence-corrected chi connectivity index (χ1v) is 7.15. The zero-order chi connectivity index (χ0) is 17.5. The molecule has 0 radical (unpaired) electrons. The Bertz CT molecular complexity index is 512. The Morgan fingerprint density at radius 1 is 1.26 bits per heavy atom. The molecule has 0 aliphatic carbocycles. The van der Waals surface area contributed by atoms with E-state index in [1.54, 1.807) is 32.9 Å². The van der Waals surface area contributed by atoms with Crippen LogP contribution in [0.4, 0.5) is 13.6 Å². The number of carbonyl (C=O) groups is 2. The highest BCUT2D eigenvalue weighted by Crippen LogP contribution is 2.16. The highest BCUT2D eigenvalue weighted by atomic mass is 19.3. The van der Waals surface area contributed by atoms with Crippen LogP contribution in [-0.4, -0.2) is 31.1 Å². The molecular weight excluding hydrogens is 308 g/mol. The maximum absolute atomic E-state index is 12.1. The maximum Gasteiger partial charge on any atom is 0.407 e. The van der Waals surface area contributed by atoms with Gasteiger partial charge in [0.05, 0.1) is 0 Å². The molecule has 0 saturated carbocycles. The molecule has 1 rings (SSSR count). The van der Waals surface area contributed by atoms with E-state index in [9.17, 15) is 18.4 Å². The minimum absolute atomic E-state index is 0.0540. The lowest BCUT2D eigenvalue weighted by Crippen LogP contribution is -2.36. The predicted octanol–water partition coefficient (Wildman–Crippen LogP) is 3.17. The molecular formula is C16H21F2NO4. The van der Waals surface area contributed by atoms with E-state index in [0.717, 1.165) is 11.8 Å². The van der Waals surface area contributed by atoms with Crippen molar-refractivity contribution < 1.29 is 27.8 Å². The van der Waals surface area contributed by atoms with E-state index in [1.165, 1.54) is 12.1 Å². The lowest BCUT2D eigenvalue weighted by molar-refractivity contribution is -0.110. The third-order valence-electron chi connectivity index (χ3n) is 2.75. The fourth-order valence-corrected chi connectivity index (χ4v) is 1.81. The molecule has 0 fully saturated rings. The number of carbonyl (C=O) groups excluding carboxylic acids is 2. The van der Waals surface area contributed by atoms with Crippen LogP contribution in [0.5, 0.6) is 5.75 Å². The van der Waals surface area contributed by atoms with Gasteiger partial charge in [-0.2, -0.15) is 8.78 Å². The van der Waals surface area contributed by atoms with Gasteiger partial charge in [0.2, 0.25) is 0 Å². The molecule has 128 valence electrons. The van der Waals surface area contributed by atoms with E-state index in [4.69, 9.17) is 4.74 Å². The van der Waals surface area contributed by atoms with Crippen molar-refractivity contribution in [3.05, 3.63) is 29.8 Å². The van der Waals surface area contributed by atoms with Crippen LogP contribution in [-0.2, 0) is 16.0 Å². The van der Waals surface area contributed by atoms with E-state index in [0.29, 0.717) is 6.42 Å². The fourth-order valence-electron chi connectivity index (χ4n) is 1.81. The minimum Gasteiger partial charge on any atom is -0.444 e. The minimum atomic E-state index is -2.87. The van der Waals surface area contributed by atoms with Gasteiger partial charge in [0, 0.05) is 12.5 Å². The second kappa shape index (κ2) is 8.45. The standard InChI is InChI=1S/C16H21F2NO4/c1-16(2,3)23-15(21)19-9-12(10-20)8-11-4-6-13(7-5-11)22-14(17)18/h4-7,10,12,14H,8-9H2,1-3H3,(H,19,21). The van der Waals surface area contributed by atoms with E-state index in [1.807, 2.05) is 0 Å². The van der Waals surface area contributed by atoms with E-state index in [2.05, 4.69) is 10.1 Å². The Labute approximate surface area is 134 Å². The van der Waals surface area contributed by atoms with Gasteiger partial charge in [-0.25, -0.2) is 4.79 Å². The van der Waals surface area contributed by atoms with Crippen molar-refractivity contribution in [3.8, 4) is 5.75 Å². The van der Waals surface area contributed by atoms with Gasteiger partial charge in [-0.3, -0.25) is 0 Å². The number of amides is 1. The average molecular weight is 329 g/mol. The van der Waals surface area contributed by atoms with Crippen LogP contribution in [0.15, 0.2) is 24.3 Å². The van der Waals surface area contributed by atoms with Gasteiger partial charge in [-0.1, -0.05) is 12.1 Å².